The maximum atomic E-state index is 5.79. The number of benzene rings is 2. The van der Waals surface area contributed by atoms with Crippen molar-refractivity contribution in [3.63, 3.8) is 0 Å². The molecule has 0 radical (unpaired) electrons. The molecule has 2 aromatic carbocycles. The molecule has 1 aromatic heterocycles. The van der Waals surface area contributed by atoms with Gasteiger partial charge in [0.25, 0.3) is 0 Å². The lowest BCUT2D eigenvalue weighted by Gasteiger charge is -2.10. The second-order valence-corrected chi connectivity index (χ2v) is 5.85. The number of fused-ring (bicyclic) bond motifs is 2. The highest BCUT2D eigenvalue weighted by molar-refractivity contribution is 5.88. The fourth-order valence-electron chi connectivity index (χ4n) is 3.15. The summed E-state index contributed by atoms with van der Waals surface area (Å²) in [4.78, 5) is 4.23. The molecular formula is C19H17NO. The van der Waals surface area contributed by atoms with Crippen LogP contribution in [0, 0.1) is 6.92 Å². The summed E-state index contributed by atoms with van der Waals surface area (Å²) in [6, 6.07) is 13.0. The molecule has 3 aromatic rings. The van der Waals surface area contributed by atoms with Gasteiger partial charge >= 0.3 is 0 Å². The van der Waals surface area contributed by atoms with Crippen LogP contribution in [0.2, 0.25) is 0 Å². The molecule has 104 valence electrons. The maximum absolute atomic E-state index is 5.79. The molecule has 0 saturated heterocycles. The van der Waals surface area contributed by atoms with Crippen LogP contribution in [0.15, 0.2) is 48.8 Å². The van der Waals surface area contributed by atoms with Crippen LogP contribution in [-0.4, -0.2) is 11.1 Å². The average molecular weight is 275 g/mol. The molecular weight excluding hydrogens is 258 g/mol. The molecule has 0 aliphatic carbocycles. The van der Waals surface area contributed by atoms with Gasteiger partial charge < -0.3 is 4.74 Å². The Labute approximate surface area is 124 Å². The van der Waals surface area contributed by atoms with Crippen LogP contribution in [0.3, 0.4) is 0 Å². The van der Waals surface area contributed by atoms with E-state index in [1.165, 1.54) is 33.0 Å². The smallest absolute Gasteiger partial charge is 0.123 e. The molecule has 2 nitrogen and oxygen atoms in total. The molecule has 1 atom stereocenters. The lowest BCUT2D eigenvalue weighted by Crippen LogP contribution is -2.05. The van der Waals surface area contributed by atoms with Gasteiger partial charge in [0.1, 0.15) is 11.9 Å². The molecule has 2 heterocycles. The van der Waals surface area contributed by atoms with E-state index >= 15 is 0 Å². The molecule has 1 unspecified atom stereocenters. The van der Waals surface area contributed by atoms with E-state index in [2.05, 4.69) is 55.2 Å². The highest BCUT2D eigenvalue weighted by Gasteiger charge is 2.19. The largest absolute Gasteiger partial charge is 0.490 e. The van der Waals surface area contributed by atoms with Crippen molar-refractivity contribution < 1.29 is 4.74 Å². The van der Waals surface area contributed by atoms with Crippen molar-refractivity contribution in [3.8, 4) is 16.9 Å². The van der Waals surface area contributed by atoms with Crippen molar-refractivity contribution in [1.82, 2.24) is 4.98 Å². The lowest BCUT2D eigenvalue weighted by molar-refractivity contribution is 0.254. The predicted molar refractivity (Wildman–Crippen MR) is 85.7 cm³/mol. The zero-order chi connectivity index (χ0) is 14.4. The number of hydrogen-bond donors (Lipinski definition) is 0. The Kier molecular flexibility index (Phi) is 2.71. The van der Waals surface area contributed by atoms with E-state index in [0.717, 1.165) is 12.2 Å². The molecule has 4 rings (SSSR count). The van der Waals surface area contributed by atoms with Crippen molar-refractivity contribution in [3.05, 3.63) is 59.9 Å². The van der Waals surface area contributed by atoms with E-state index in [1.807, 2.05) is 12.4 Å². The molecule has 1 aliphatic rings. The average Bonchev–Trinajstić information content (AvgIpc) is 2.85. The van der Waals surface area contributed by atoms with Gasteiger partial charge in [-0.05, 0) is 65.8 Å². The van der Waals surface area contributed by atoms with Gasteiger partial charge in [-0.25, -0.2) is 0 Å². The number of hydrogen-bond acceptors (Lipinski definition) is 2. The van der Waals surface area contributed by atoms with E-state index in [9.17, 15) is 0 Å². The van der Waals surface area contributed by atoms with E-state index < -0.39 is 0 Å². The van der Waals surface area contributed by atoms with Crippen molar-refractivity contribution in [1.29, 1.82) is 0 Å². The Hall–Kier alpha value is -2.35. The number of aryl methyl sites for hydroxylation is 1. The van der Waals surface area contributed by atoms with E-state index in [4.69, 9.17) is 4.74 Å². The van der Waals surface area contributed by atoms with Gasteiger partial charge in [0, 0.05) is 24.2 Å². The molecule has 0 saturated carbocycles. The number of nitrogens with zero attached hydrogens (tertiary/aromatic N) is 1. The first-order chi connectivity index (χ1) is 10.2. The molecule has 0 spiro atoms. The Morgan fingerprint density at radius 2 is 2.00 bits per heavy atom. The second-order valence-electron chi connectivity index (χ2n) is 5.85. The first-order valence-electron chi connectivity index (χ1n) is 7.35. The molecule has 0 N–H and O–H groups in total. The van der Waals surface area contributed by atoms with Gasteiger partial charge in [-0.3, -0.25) is 4.98 Å². The summed E-state index contributed by atoms with van der Waals surface area (Å²) < 4.78 is 5.79. The predicted octanol–water partition coefficient (Wildman–Crippen LogP) is 4.53. The highest BCUT2D eigenvalue weighted by atomic mass is 16.5. The fraction of sp³-hybridized carbons (Fsp3) is 0.211. The fourth-order valence-corrected chi connectivity index (χ4v) is 3.15. The van der Waals surface area contributed by atoms with Crippen molar-refractivity contribution in [2.45, 2.75) is 26.4 Å². The van der Waals surface area contributed by atoms with Crippen molar-refractivity contribution >= 4 is 10.8 Å². The summed E-state index contributed by atoms with van der Waals surface area (Å²) in [6.45, 7) is 4.29. The topological polar surface area (TPSA) is 22.1 Å². The first-order valence-corrected chi connectivity index (χ1v) is 7.35. The molecule has 2 heteroatoms. The lowest BCUT2D eigenvalue weighted by atomic mass is 9.95. The Morgan fingerprint density at radius 1 is 1.10 bits per heavy atom. The van der Waals surface area contributed by atoms with Crippen LogP contribution in [0.4, 0.5) is 0 Å². The normalized spacial score (nSPS) is 16.8. The minimum absolute atomic E-state index is 0.289. The molecule has 0 amide bonds. The van der Waals surface area contributed by atoms with Crippen LogP contribution in [0.5, 0.6) is 5.75 Å². The summed E-state index contributed by atoms with van der Waals surface area (Å²) in [6.07, 6.45) is 5.06. The monoisotopic (exact) mass is 275 g/mol. The van der Waals surface area contributed by atoms with Gasteiger partial charge in [-0.1, -0.05) is 12.1 Å². The van der Waals surface area contributed by atoms with E-state index in [0.29, 0.717) is 0 Å². The summed E-state index contributed by atoms with van der Waals surface area (Å²) in [5.74, 6) is 1.03. The standard InChI is InChI=1S/C19H17NO/c1-12-7-14-5-6-20-11-17(14)10-18(12)15-3-4-19-16(9-15)8-13(2)21-19/h3-7,9-11,13H,8H2,1-2H3. The van der Waals surface area contributed by atoms with Crippen molar-refractivity contribution in [2.75, 3.05) is 0 Å². The molecule has 0 bridgehead atoms. The van der Waals surface area contributed by atoms with Gasteiger partial charge in [0.15, 0.2) is 0 Å². The molecule has 0 fully saturated rings. The summed E-state index contributed by atoms with van der Waals surface area (Å²) in [5, 5.41) is 2.42. The third-order valence-corrected chi connectivity index (χ3v) is 4.19. The minimum Gasteiger partial charge on any atom is -0.490 e. The minimum atomic E-state index is 0.289. The molecule has 21 heavy (non-hydrogen) atoms. The van der Waals surface area contributed by atoms with Gasteiger partial charge in [-0.2, -0.15) is 0 Å². The zero-order valence-electron chi connectivity index (χ0n) is 12.3. The third kappa shape index (κ3) is 2.07. The number of pyridine rings is 1. The Balaban J connectivity index is 1.87. The van der Waals surface area contributed by atoms with Crippen molar-refractivity contribution in [2.24, 2.45) is 0 Å². The zero-order valence-corrected chi connectivity index (χ0v) is 12.3. The quantitative estimate of drug-likeness (QED) is 0.650. The Morgan fingerprint density at radius 3 is 2.90 bits per heavy atom. The Bertz CT molecular complexity index is 838. The highest BCUT2D eigenvalue weighted by Crippen LogP contribution is 2.35. The van der Waals surface area contributed by atoms with Crippen LogP contribution in [-0.2, 0) is 6.42 Å². The maximum Gasteiger partial charge on any atom is 0.123 e. The van der Waals surface area contributed by atoms with Crippen LogP contribution >= 0.6 is 0 Å². The number of aromatic nitrogens is 1. The van der Waals surface area contributed by atoms with E-state index in [1.54, 1.807) is 0 Å². The van der Waals surface area contributed by atoms with Gasteiger partial charge in [0.05, 0.1) is 0 Å². The van der Waals surface area contributed by atoms with Crippen LogP contribution in [0.25, 0.3) is 21.9 Å². The first kappa shape index (κ1) is 12.4. The number of ether oxygens (including phenoxy) is 1. The second kappa shape index (κ2) is 4.59. The summed E-state index contributed by atoms with van der Waals surface area (Å²) in [5.41, 5.74) is 5.14. The van der Waals surface area contributed by atoms with Gasteiger partial charge in [0.2, 0.25) is 0 Å². The summed E-state index contributed by atoms with van der Waals surface area (Å²) in [7, 11) is 0. The van der Waals surface area contributed by atoms with E-state index in [-0.39, 0.29) is 6.10 Å². The van der Waals surface area contributed by atoms with Crippen LogP contribution in [0.1, 0.15) is 18.1 Å². The van der Waals surface area contributed by atoms with Crippen LogP contribution < -0.4 is 4.74 Å². The SMILES string of the molecule is Cc1cc2ccncc2cc1-c1ccc2c(c1)CC(C)O2. The van der Waals surface area contributed by atoms with Gasteiger partial charge in [-0.15, -0.1) is 0 Å². The number of rotatable bonds is 1. The molecule has 1 aliphatic heterocycles. The third-order valence-electron chi connectivity index (χ3n) is 4.19. The summed E-state index contributed by atoms with van der Waals surface area (Å²) >= 11 is 0.